The van der Waals surface area contributed by atoms with E-state index in [0.29, 0.717) is 22.8 Å². The van der Waals surface area contributed by atoms with Crippen molar-refractivity contribution < 1.29 is 19.1 Å². The molecule has 23 heavy (non-hydrogen) atoms. The maximum atomic E-state index is 11.5. The van der Waals surface area contributed by atoms with Gasteiger partial charge in [0.15, 0.2) is 11.5 Å². The molecular formula is C18H19NO4. The third-order valence-electron chi connectivity index (χ3n) is 3.19. The fourth-order valence-corrected chi connectivity index (χ4v) is 2.04. The van der Waals surface area contributed by atoms with Crippen LogP contribution >= 0.6 is 0 Å². The van der Waals surface area contributed by atoms with E-state index < -0.39 is 5.97 Å². The zero-order valence-electron chi connectivity index (χ0n) is 13.6. The predicted molar refractivity (Wildman–Crippen MR) is 88.3 cm³/mol. The van der Waals surface area contributed by atoms with Crippen LogP contribution in [0.25, 0.3) is 0 Å². The summed E-state index contributed by atoms with van der Waals surface area (Å²) in [6.07, 6.45) is 1.47. The third-order valence-corrected chi connectivity index (χ3v) is 3.19. The number of hydrogen-bond donors (Lipinski definition) is 0. The number of nitrogens with zero attached hydrogens (tertiary/aromatic N) is 1. The maximum Gasteiger partial charge on any atom is 0.308 e. The lowest BCUT2D eigenvalue weighted by atomic mass is 10.1. The second-order valence-electron chi connectivity index (χ2n) is 5.01. The summed E-state index contributed by atoms with van der Waals surface area (Å²) in [7, 11) is 1.45. The number of carbonyl (C=O) groups is 1. The highest BCUT2D eigenvalue weighted by Gasteiger charge is 2.17. The second-order valence-corrected chi connectivity index (χ2v) is 5.01. The number of benzene rings is 2. The summed E-state index contributed by atoms with van der Waals surface area (Å²) < 4.78 is 11.4. The number of rotatable bonds is 5. The van der Waals surface area contributed by atoms with Gasteiger partial charge >= 0.3 is 5.97 Å². The normalized spacial score (nSPS) is 10.6. The molecule has 0 fully saturated rings. The van der Waals surface area contributed by atoms with E-state index in [-0.39, 0.29) is 0 Å². The van der Waals surface area contributed by atoms with Gasteiger partial charge in [0.2, 0.25) is 0 Å². The van der Waals surface area contributed by atoms with E-state index in [9.17, 15) is 4.79 Å². The van der Waals surface area contributed by atoms with E-state index in [0.717, 1.165) is 11.1 Å². The third kappa shape index (κ3) is 4.10. The van der Waals surface area contributed by atoms with Crippen molar-refractivity contribution in [3.63, 3.8) is 0 Å². The van der Waals surface area contributed by atoms with Gasteiger partial charge in [-0.05, 0) is 37.1 Å². The van der Waals surface area contributed by atoms with E-state index in [1.54, 1.807) is 6.07 Å². The molecule has 0 radical (unpaired) electrons. The van der Waals surface area contributed by atoms with Gasteiger partial charge in [0, 0.05) is 12.5 Å². The van der Waals surface area contributed by atoms with E-state index in [1.807, 2.05) is 44.2 Å². The molecule has 0 spiro atoms. The molecular weight excluding hydrogens is 294 g/mol. The molecule has 0 saturated heterocycles. The van der Waals surface area contributed by atoms with Gasteiger partial charge in [0.05, 0.1) is 6.21 Å². The molecule has 2 aromatic carbocycles. The van der Waals surface area contributed by atoms with Gasteiger partial charge < -0.3 is 14.3 Å². The van der Waals surface area contributed by atoms with Gasteiger partial charge in [0.1, 0.15) is 12.9 Å². The van der Waals surface area contributed by atoms with Crippen LogP contribution in [0.15, 0.2) is 41.6 Å². The summed E-state index contributed by atoms with van der Waals surface area (Å²) in [5.41, 5.74) is 2.42. The smallest absolute Gasteiger partial charge is 0.308 e. The van der Waals surface area contributed by atoms with Crippen LogP contribution in [0.2, 0.25) is 0 Å². The molecule has 0 aliphatic carbocycles. The molecule has 0 heterocycles. The maximum absolute atomic E-state index is 11.5. The summed E-state index contributed by atoms with van der Waals surface area (Å²) in [5.74, 6) is 1.07. The van der Waals surface area contributed by atoms with Crippen molar-refractivity contribution in [3.05, 3.63) is 53.1 Å². The van der Waals surface area contributed by atoms with Crippen LogP contribution < -0.4 is 9.47 Å². The number of oxime groups is 1. The highest BCUT2D eigenvalue weighted by Crippen LogP contribution is 2.38. The molecule has 0 aliphatic heterocycles. The molecule has 5 heteroatoms. The standard InChI is InChI=1S/C18H19NO4/c1-12-7-5-6-8-16(12)23-17-13(2)9-10-15(11-19-21-4)18(17)22-14(3)20/h5-11H,1-4H3. The van der Waals surface area contributed by atoms with Crippen LogP contribution in [0.4, 0.5) is 0 Å². The molecule has 5 nitrogen and oxygen atoms in total. The van der Waals surface area contributed by atoms with Crippen molar-refractivity contribution in [3.8, 4) is 17.2 Å². The Kier molecular flexibility index (Phi) is 5.36. The molecule has 0 amide bonds. The monoisotopic (exact) mass is 313 g/mol. The molecule has 2 aromatic rings. The van der Waals surface area contributed by atoms with Gasteiger partial charge in [-0.3, -0.25) is 4.79 Å². The highest BCUT2D eigenvalue weighted by molar-refractivity contribution is 5.87. The van der Waals surface area contributed by atoms with Gasteiger partial charge in [-0.1, -0.05) is 29.4 Å². The fourth-order valence-electron chi connectivity index (χ4n) is 2.04. The minimum absolute atomic E-state index is 0.321. The number of para-hydroxylation sites is 1. The lowest BCUT2D eigenvalue weighted by molar-refractivity contribution is -0.132. The first-order valence-corrected chi connectivity index (χ1v) is 7.15. The lowest BCUT2D eigenvalue weighted by Gasteiger charge is -2.16. The molecule has 2 rings (SSSR count). The highest BCUT2D eigenvalue weighted by atomic mass is 16.6. The molecule has 0 atom stereocenters. The molecule has 0 unspecified atom stereocenters. The summed E-state index contributed by atoms with van der Waals surface area (Å²) >= 11 is 0. The minimum Gasteiger partial charge on any atom is -0.453 e. The summed E-state index contributed by atoms with van der Waals surface area (Å²) in [6, 6.07) is 11.3. The molecule has 0 aliphatic rings. The van der Waals surface area contributed by atoms with Crippen molar-refractivity contribution in [2.75, 3.05) is 7.11 Å². The van der Waals surface area contributed by atoms with Crippen molar-refractivity contribution in [2.45, 2.75) is 20.8 Å². The Bertz CT molecular complexity index is 738. The van der Waals surface area contributed by atoms with E-state index in [2.05, 4.69) is 5.16 Å². The zero-order valence-corrected chi connectivity index (χ0v) is 13.6. The Hall–Kier alpha value is -2.82. The molecule has 0 aromatic heterocycles. The first-order chi connectivity index (χ1) is 11.0. The topological polar surface area (TPSA) is 57.1 Å². The summed E-state index contributed by atoms with van der Waals surface area (Å²) in [5, 5.41) is 3.73. The molecule has 0 saturated carbocycles. The van der Waals surface area contributed by atoms with Crippen LogP contribution in [0.5, 0.6) is 17.2 Å². The largest absolute Gasteiger partial charge is 0.453 e. The molecule has 0 bridgehead atoms. The first kappa shape index (κ1) is 16.5. The lowest BCUT2D eigenvalue weighted by Crippen LogP contribution is -2.06. The Labute approximate surface area is 135 Å². The average Bonchev–Trinajstić information content (AvgIpc) is 2.51. The van der Waals surface area contributed by atoms with Crippen LogP contribution in [-0.2, 0) is 9.63 Å². The van der Waals surface area contributed by atoms with E-state index in [4.69, 9.17) is 14.3 Å². The Morgan fingerprint density at radius 3 is 2.43 bits per heavy atom. The van der Waals surface area contributed by atoms with Crippen molar-refractivity contribution in [1.82, 2.24) is 0 Å². The van der Waals surface area contributed by atoms with E-state index in [1.165, 1.54) is 20.2 Å². The van der Waals surface area contributed by atoms with Crippen LogP contribution in [0.1, 0.15) is 23.6 Å². The first-order valence-electron chi connectivity index (χ1n) is 7.15. The van der Waals surface area contributed by atoms with Gasteiger partial charge in [0.25, 0.3) is 0 Å². The number of esters is 1. The van der Waals surface area contributed by atoms with Gasteiger partial charge in [-0.15, -0.1) is 0 Å². The van der Waals surface area contributed by atoms with Crippen molar-refractivity contribution in [1.29, 1.82) is 0 Å². The summed E-state index contributed by atoms with van der Waals surface area (Å²) in [6.45, 7) is 5.18. The van der Waals surface area contributed by atoms with Crippen LogP contribution in [0.3, 0.4) is 0 Å². The van der Waals surface area contributed by atoms with Gasteiger partial charge in [-0.2, -0.15) is 0 Å². The quantitative estimate of drug-likeness (QED) is 0.362. The fraction of sp³-hybridized carbons (Fsp3) is 0.222. The predicted octanol–water partition coefficient (Wildman–Crippen LogP) is 4.00. The molecule has 120 valence electrons. The number of ether oxygens (including phenoxy) is 2. The SMILES string of the molecule is CON=Cc1ccc(C)c(Oc2ccccc2C)c1OC(C)=O. The summed E-state index contributed by atoms with van der Waals surface area (Å²) in [4.78, 5) is 16.2. The van der Waals surface area contributed by atoms with Crippen LogP contribution in [-0.4, -0.2) is 19.3 Å². The second kappa shape index (κ2) is 7.45. The van der Waals surface area contributed by atoms with Gasteiger partial charge in [-0.25, -0.2) is 0 Å². The van der Waals surface area contributed by atoms with Crippen molar-refractivity contribution in [2.24, 2.45) is 5.16 Å². The van der Waals surface area contributed by atoms with Crippen molar-refractivity contribution >= 4 is 12.2 Å². The average molecular weight is 313 g/mol. The van der Waals surface area contributed by atoms with E-state index >= 15 is 0 Å². The Morgan fingerprint density at radius 1 is 1.04 bits per heavy atom. The minimum atomic E-state index is -0.433. The Morgan fingerprint density at radius 2 is 1.78 bits per heavy atom. The zero-order chi connectivity index (χ0) is 16.8. The number of carbonyl (C=O) groups excluding carboxylic acids is 1. The van der Waals surface area contributed by atoms with Crippen LogP contribution in [0, 0.1) is 13.8 Å². The number of hydrogen-bond acceptors (Lipinski definition) is 5. The number of aryl methyl sites for hydroxylation is 2. The Balaban J connectivity index is 2.53. The molecule has 0 N–H and O–H groups in total.